The van der Waals surface area contributed by atoms with Gasteiger partial charge >= 0.3 is 5.97 Å². The molecule has 1 saturated carbocycles. The van der Waals surface area contributed by atoms with Gasteiger partial charge in [-0.05, 0) is 25.7 Å². The van der Waals surface area contributed by atoms with E-state index in [9.17, 15) is 14.9 Å². The maximum atomic E-state index is 10.8. The minimum Gasteiger partial charge on any atom is -0.481 e. The molecule has 19 heavy (non-hydrogen) atoms. The van der Waals surface area contributed by atoms with E-state index >= 15 is 0 Å². The molecule has 0 aliphatic heterocycles. The van der Waals surface area contributed by atoms with Crippen LogP contribution in [0.1, 0.15) is 25.7 Å². The molecule has 1 aliphatic rings. The minimum atomic E-state index is -0.757. The monoisotopic (exact) mass is 266 g/mol. The van der Waals surface area contributed by atoms with E-state index in [1.165, 1.54) is 12.1 Å². The Morgan fingerprint density at radius 1 is 1.37 bits per heavy atom. The smallest absolute Gasteiger partial charge is 0.306 e. The summed E-state index contributed by atoms with van der Waals surface area (Å²) in [7, 11) is 0. The van der Waals surface area contributed by atoms with Crippen molar-refractivity contribution in [2.45, 2.75) is 31.8 Å². The van der Waals surface area contributed by atoms with Gasteiger partial charge in [-0.3, -0.25) is 14.9 Å². The Labute approximate surface area is 109 Å². The minimum absolute atomic E-state index is 0.0652. The van der Waals surface area contributed by atoms with Gasteiger partial charge in [0.15, 0.2) is 0 Å². The average molecular weight is 266 g/mol. The van der Waals surface area contributed by atoms with Crippen LogP contribution in [-0.2, 0) is 4.79 Å². The van der Waals surface area contributed by atoms with Crippen molar-refractivity contribution in [3.8, 4) is 5.88 Å². The van der Waals surface area contributed by atoms with Gasteiger partial charge in [-0.15, -0.1) is 0 Å². The molecular weight excluding hydrogens is 252 g/mol. The summed E-state index contributed by atoms with van der Waals surface area (Å²) in [6, 6.07) is 2.80. The summed E-state index contributed by atoms with van der Waals surface area (Å²) in [6.45, 7) is 0. The third kappa shape index (κ3) is 3.40. The lowest BCUT2D eigenvalue weighted by Gasteiger charge is -2.26. The quantitative estimate of drug-likeness (QED) is 0.660. The summed E-state index contributed by atoms with van der Waals surface area (Å²) in [5.74, 6) is -0.707. The lowest BCUT2D eigenvalue weighted by atomic mass is 9.87. The first-order valence-electron chi connectivity index (χ1n) is 6.06. The zero-order chi connectivity index (χ0) is 13.8. The molecule has 7 nitrogen and oxygen atoms in total. The molecule has 1 aromatic rings. The summed E-state index contributed by atoms with van der Waals surface area (Å²) in [5.41, 5.74) is -0.0815. The molecule has 1 N–H and O–H groups in total. The molecule has 0 aromatic carbocycles. The van der Waals surface area contributed by atoms with Crippen LogP contribution in [0, 0.1) is 16.0 Å². The molecule has 0 radical (unpaired) electrons. The zero-order valence-corrected chi connectivity index (χ0v) is 10.2. The molecule has 0 spiro atoms. The van der Waals surface area contributed by atoms with E-state index < -0.39 is 10.9 Å². The second-order valence-electron chi connectivity index (χ2n) is 4.54. The molecule has 1 aromatic heterocycles. The van der Waals surface area contributed by atoms with Gasteiger partial charge in [0.2, 0.25) is 5.88 Å². The Morgan fingerprint density at radius 2 is 2.05 bits per heavy atom. The third-order valence-corrected chi connectivity index (χ3v) is 3.24. The van der Waals surface area contributed by atoms with Gasteiger partial charge in [0.05, 0.1) is 10.8 Å². The lowest BCUT2D eigenvalue weighted by Crippen LogP contribution is -2.28. The Bertz CT molecular complexity index is 466. The van der Waals surface area contributed by atoms with E-state index in [-0.39, 0.29) is 17.7 Å². The maximum absolute atomic E-state index is 10.8. The number of nitrogens with zero attached hydrogens (tertiary/aromatic N) is 2. The van der Waals surface area contributed by atoms with Crippen LogP contribution in [0.3, 0.4) is 0 Å². The van der Waals surface area contributed by atoms with Crippen molar-refractivity contribution in [1.82, 2.24) is 4.98 Å². The summed E-state index contributed by atoms with van der Waals surface area (Å²) < 4.78 is 5.59. The number of carbonyl (C=O) groups is 1. The molecule has 0 bridgehead atoms. The lowest BCUT2D eigenvalue weighted by molar-refractivity contribution is -0.385. The van der Waals surface area contributed by atoms with Crippen LogP contribution in [-0.4, -0.2) is 27.1 Å². The molecular formula is C12H14N2O5. The van der Waals surface area contributed by atoms with Crippen molar-refractivity contribution in [2.75, 3.05) is 0 Å². The first-order chi connectivity index (χ1) is 9.06. The second-order valence-corrected chi connectivity index (χ2v) is 4.54. The second kappa shape index (κ2) is 5.64. The number of aromatic nitrogens is 1. The van der Waals surface area contributed by atoms with Gasteiger partial charge in [-0.25, -0.2) is 4.98 Å². The standard InChI is InChI=1S/C12H14N2O5/c15-12(16)8-1-4-10(5-2-8)19-11-6-3-9(7-13-11)14(17)18/h3,6-8,10H,1-2,4-5H2,(H,15,16). The van der Waals surface area contributed by atoms with E-state index in [2.05, 4.69) is 4.98 Å². The number of aliphatic carboxylic acids is 1. The van der Waals surface area contributed by atoms with Crippen molar-refractivity contribution in [3.63, 3.8) is 0 Å². The summed E-state index contributed by atoms with van der Waals surface area (Å²) in [4.78, 5) is 24.6. The molecule has 1 aliphatic carbocycles. The van der Waals surface area contributed by atoms with Crippen LogP contribution in [0.4, 0.5) is 5.69 Å². The van der Waals surface area contributed by atoms with Crippen LogP contribution in [0.25, 0.3) is 0 Å². The van der Waals surface area contributed by atoms with Gasteiger partial charge < -0.3 is 9.84 Å². The van der Waals surface area contributed by atoms with Gasteiger partial charge in [0.25, 0.3) is 5.69 Å². The molecule has 102 valence electrons. The number of pyridine rings is 1. The van der Waals surface area contributed by atoms with Gasteiger partial charge in [0, 0.05) is 12.1 Å². The number of ether oxygens (including phenoxy) is 1. The SMILES string of the molecule is O=C(O)C1CCC(Oc2ccc([N+](=O)[O-])cn2)CC1. The summed E-state index contributed by atoms with van der Waals surface area (Å²) >= 11 is 0. The fourth-order valence-corrected chi connectivity index (χ4v) is 2.15. The normalized spacial score (nSPS) is 22.7. The largest absolute Gasteiger partial charge is 0.481 e. The van der Waals surface area contributed by atoms with Crippen molar-refractivity contribution in [1.29, 1.82) is 0 Å². The van der Waals surface area contributed by atoms with E-state index in [1.54, 1.807) is 0 Å². The highest BCUT2D eigenvalue weighted by Crippen LogP contribution is 2.27. The molecule has 7 heteroatoms. The molecule has 0 amide bonds. The third-order valence-electron chi connectivity index (χ3n) is 3.24. The highest BCUT2D eigenvalue weighted by molar-refractivity contribution is 5.70. The number of nitro groups is 1. The predicted molar refractivity (Wildman–Crippen MR) is 64.9 cm³/mol. The highest BCUT2D eigenvalue weighted by Gasteiger charge is 2.27. The van der Waals surface area contributed by atoms with Crippen LogP contribution in [0.15, 0.2) is 18.3 Å². The topological polar surface area (TPSA) is 103 Å². The van der Waals surface area contributed by atoms with Gasteiger partial charge in [0.1, 0.15) is 12.3 Å². The van der Waals surface area contributed by atoms with Crippen LogP contribution < -0.4 is 4.74 Å². The fourth-order valence-electron chi connectivity index (χ4n) is 2.15. The molecule has 1 fully saturated rings. The number of hydrogen-bond donors (Lipinski definition) is 1. The van der Waals surface area contributed by atoms with Gasteiger partial charge in [-0.1, -0.05) is 0 Å². The number of carboxylic acids is 1. The van der Waals surface area contributed by atoms with Crippen molar-refractivity contribution < 1.29 is 19.6 Å². The Kier molecular flexibility index (Phi) is 3.94. The van der Waals surface area contributed by atoms with Crippen molar-refractivity contribution in [2.24, 2.45) is 5.92 Å². The summed E-state index contributed by atoms with van der Waals surface area (Å²) in [5, 5.41) is 19.4. The number of carboxylic acid groups (broad SMARTS) is 1. The molecule has 0 unspecified atom stereocenters. The van der Waals surface area contributed by atoms with Crippen molar-refractivity contribution in [3.05, 3.63) is 28.4 Å². The predicted octanol–water partition coefficient (Wildman–Crippen LogP) is 2.01. The van der Waals surface area contributed by atoms with E-state index in [1.807, 2.05) is 0 Å². The molecule has 1 heterocycles. The number of rotatable bonds is 4. The highest BCUT2D eigenvalue weighted by atomic mass is 16.6. The fraction of sp³-hybridized carbons (Fsp3) is 0.500. The first kappa shape index (κ1) is 13.3. The zero-order valence-electron chi connectivity index (χ0n) is 10.2. The van der Waals surface area contributed by atoms with E-state index in [0.717, 1.165) is 6.20 Å². The molecule has 2 rings (SSSR count). The van der Waals surface area contributed by atoms with Crippen LogP contribution in [0.5, 0.6) is 5.88 Å². The average Bonchev–Trinajstić information content (AvgIpc) is 2.40. The number of hydrogen-bond acceptors (Lipinski definition) is 5. The van der Waals surface area contributed by atoms with Crippen LogP contribution >= 0.6 is 0 Å². The van der Waals surface area contributed by atoms with Crippen LogP contribution in [0.2, 0.25) is 0 Å². The van der Waals surface area contributed by atoms with Crippen molar-refractivity contribution >= 4 is 11.7 Å². The summed E-state index contributed by atoms with van der Waals surface area (Å²) in [6.07, 6.45) is 3.59. The Balaban J connectivity index is 1.88. The Hall–Kier alpha value is -2.18. The first-order valence-corrected chi connectivity index (χ1v) is 6.06. The molecule has 0 saturated heterocycles. The maximum Gasteiger partial charge on any atom is 0.306 e. The van der Waals surface area contributed by atoms with E-state index in [0.29, 0.717) is 31.6 Å². The Morgan fingerprint density at radius 3 is 2.53 bits per heavy atom. The van der Waals surface area contributed by atoms with Gasteiger partial charge in [-0.2, -0.15) is 0 Å². The molecule has 0 atom stereocenters. The van der Waals surface area contributed by atoms with E-state index in [4.69, 9.17) is 9.84 Å².